The third-order valence-electron chi connectivity index (χ3n) is 4.81. The van der Waals surface area contributed by atoms with E-state index in [9.17, 15) is 9.59 Å². The highest BCUT2D eigenvalue weighted by Crippen LogP contribution is 2.53. The summed E-state index contributed by atoms with van der Waals surface area (Å²) in [5, 5.41) is 0. The van der Waals surface area contributed by atoms with Crippen LogP contribution in [0.1, 0.15) is 27.9 Å². The molecule has 0 aromatic heterocycles. The molecular weight excluding hydrogens is 278 g/mol. The standard InChI is InChI=1S/C18H15NO3/c1-19-15-8-7-11(22-2)9-14(15)18(17(19)21)10-16(20)12-5-3-4-6-13(12)18/h3-9H,10H2,1-2H3. The number of likely N-dealkylation sites (N-methyl/N-ethyl adjacent to an activating group) is 1. The first-order valence-corrected chi connectivity index (χ1v) is 7.19. The summed E-state index contributed by atoms with van der Waals surface area (Å²) in [6, 6.07) is 13.0. The summed E-state index contributed by atoms with van der Waals surface area (Å²) in [5.41, 5.74) is 2.27. The second-order valence-corrected chi connectivity index (χ2v) is 5.80. The van der Waals surface area contributed by atoms with E-state index in [1.54, 1.807) is 25.1 Å². The molecule has 2 aromatic carbocycles. The fourth-order valence-corrected chi connectivity index (χ4v) is 3.75. The molecule has 110 valence electrons. The number of anilines is 1. The fraction of sp³-hybridized carbons (Fsp3) is 0.222. The molecule has 0 N–H and O–H groups in total. The first-order chi connectivity index (χ1) is 10.6. The Morgan fingerprint density at radius 2 is 1.86 bits per heavy atom. The number of benzene rings is 2. The van der Waals surface area contributed by atoms with Crippen LogP contribution in [0.5, 0.6) is 5.75 Å². The second kappa shape index (κ2) is 4.19. The van der Waals surface area contributed by atoms with Gasteiger partial charge in [-0.05, 0) is 29.3 Å². The lowest BCUT2D eigenvalue weighted by Gasteiger charge is -2.23. The highest BCUT2D eigenvalue weighted by Gasteiger charge is 2.56. The van der Waals surface area contributed by atoms with Crippen LogP contribution in [0.2, 0.25) is 0 Å². The molecule has 1 unspecified atom stereocenters. The topological polar surface area (TPSA) is 46.6 Å². The van der Waals surface area contributed by atoms with Gasteiger partial charge >= 0.3 is 0 Å². The van der Waals surface area contributed by atoms with Crippen molar-refractivity contribution in [1.29, 1.82) is 0 Å². The minimum absolute atomic E-state index is 0.0213. The molecule has 4 heteroatoms. The van der Waals surface area contributed by atoms with Crippen molar-refractivity contribution in [3.8, 4) is 5.75 Å². The van der Waals surface area contributed by atoms with Gasteiger partial charge in [-0.1, -0.05) is 24.3 Å². The highest BCUT2D eigenvalue weighted by atomic mass is 16.5. The molecule has 1 spiro atoms. The van der Waals surface area contributed by atoms with Crippen molar-refractivity contribution in [2.24, 2.45) is 0 Å². The Bertz CT molecular complexity index is 827. The van der Waals surface area contributed by atoms with E-state index in [-0.39, 0.29) is 18.1 Å². The molecule has 1 heterocycles. The quantitative estimate of drug-likeness (QED) is 0.811. The Hall–Kier alpha value is -2.62. The lowest BCUT2D eigenvalue weighted by Crippen LogP contribution is -2.38. The van der Waals surface area contributed by atoms with Gasteiger partial charge in [-0.15, -0.1) is 0 Å². The van der Waals surface area contributed by atoms with Gasteiger partial charge in [-0.25, -0.2) is 0 Å². The first-order valence-electron chi connectivity index (χ1n) is 7.19. The number of fused-ring (bicyclic) bond motifs is 4. The van der Waals surface area contributed by atoms with Crippen molar-refractivity contribution >= 4 is 17.4 Å². The Balaban J connectivity index is 2.06. The van der Waals surface area contributed by atoms with Crippen molar-refractivity contribution in [3.05, 3.63) is 59.2 Å². The van der Waals surface area contributed by atoms with Gasteiger partial charge in [0.25, 0.3) is 0 Å². The normalized spacial score (nSPS) is 22.2. The number of Topliss-reactive ketones (excluding diaryl/α,β-unsaturated/α-hetero) is 1. The van der Waals surface area contributed by atoms with Crippen molar-refractivity contribution in [2.75, 3.05) is 19.1 Å². The van der Waals surface area contributed by atoms with E-state index in [0.717, 1.165) is 16.8 Å². The molecule has 4 rings (SSSR count). The van der Waals surface area contributed by atoms with Gasteiger partial charge in [0.15, 0.2) is 5.78 Å². The predicted molar refractivity (Wildman–Crippen MR) is 82.6 cm³/mol. The molecule has 0 saturated carbocycles. The molecule has 1 atom stereocenters. The van der Waals surface area contributed by atoms with Crippen molar-refractivity contribution in [1.82, 2.24) is 0 Å². The van der Waals surface area contributed by atoms with E-state index in [1.807, 2.05) is 36.4 Å². The molecule has 0 bridgehead atoms. The number of ketones is 1. The highest BCUT2D eigenvalue weighted by molar-refractivity contribution is 6.18. The van der Waals surface area contributed by atoms with Crippen LogP contribution in [0, 0.1) is 0 Å². The maximum Gasteiger partial charge on any atom is 0.242 e. The van der Waals surface area contributed by atoms with Crippen LogP contribution in [0.3, 0.4) is 0 Å². The van der Waals surface area contributed by atoms with E-state index >= 15 is 0 Å². The van der Waals surface area contributed by atoms with Gasteiger partial charge < -0.3 is 9.64 Å². The summed E-state index contributed by atoms with van der Waals surface area (Å²) >= 11 is 0. The van der Waals surface area contributed by atoms with Crippen molar-refractivity contribution in [3.63, 3.8) is 0 Å². The molecule has 22 heavy (non-hydrogen) atoms. The molecule has 2 aliphatic rings. The van der Waals surface area contributed by atoms with Gasteiger partial charge in [-0.2, -0.15) is 0 Å². The summed E-state index contributed by atoms with van der Waals surface area (Å²) in [5.74, 6) is 0.667. The second-order valence-electron chi connectivity index (χ2n) is 5.80. The van der Waals surface area contributed by atoms with Gasteiger partial charge in [0, 0.05) is 24.7 Å². The van der Waals surface area contributed by atoms with E-state index in [2.05, 4.69) is 0 Å². The van der Waals surface area contributed by atoms with Gasteiger partial charge in [0.1, 0.15) is 11.2 Å². The number of methoxy groups -OCH3 is 1. The number of hydrogen-bond donors (Lipinski definition) is 0. The zero-order valence-corrected chi connectivity index (χ0v) is 12.4. The lowest BCUT2D eigenvalue weighted by atomic mass is 9.76. The average Bonchev–Trinajstić information content (AvgIpc) is 2.97. The number of hydrogen-bond acceptors (Lipinski definition) is 3. The molecule has 0 radical (unpaired) electrons. The van der Waals surface area contributed by atoms with Crippen LogP contribution in [0.4, 0.5) is 5.69 Å². The summed E-state index contributed by atoms with van der Waals surface area (Å²) < 4.78 is 5.31. The Labute approximate surface area is 128 Å². The molecular formula is C18H15NO3. The van der Waals surface area contributed by atoms with Crippen LogP contribution in [0.15, 0.2) is 42.5 Å². The number of ether oxygens (including phenoxy) is 1. The Kier molecular flexibility index (Phi) is 2.49. The van der Waals surface area contributed by atoms with Crippen molar-refractivity contribution < 1.29 is 14.3 Å². The van der Waals surface area contributed by atoms with Crippen LogP contribution in [-0.2, 0) is 10.2 Å². The minimum atomic E-state index is -0.897. The summed E-state index contributed by atoms with van der Waals surface area (Å²) in [4.78, 5) is 27.1. The lowest BCUT2D eigenvalue weighted by molar-refractivity contribution is -0.121. The monoisotopic (exact) mass is 293 g/mol. The Morgan fingerprint density at radius 3 is 2.64 bits per heavy atom. The molecule has 2 aromatic rings. The van der Waals surface area contributed by atoms with Crippen LogP contribution < -0.4 is 9.64 Å². The predicted octanol–water partition coefficient (Wildman–Crippen LogP) is 2.54. The number of rotatable bonds is 1. The number of nitrogens with zero attached hydrogens (tertiary/aromatic N) is 1. The number of amides is 1. The van der Waals surface area contributed by atoms with E-state index in [4.69, 9.17) is 4.74 Å². The van der Waals surface area contributed by atoms with Gasteiger partial charge in [-0.3, -0.25) is 9.59 Å². The summed E-state index contributed by atoms with van der Waals surface area (Å²) in [6.45, 7) is 0. The van der Waals surface area contributed by atoms with E-state index in [1.165, 1.54) is 0 Å². The summed E-state index contributed by atoms with van der Waals surface area (Å²) in [6.07, 6.45) is 0.190. The van der Waals surface area contributed by atoms with Gasteiger partial charge in [0.2, 0.25) is 5.91 Å². The van der Waals surface area contributed by atoms with Crippen LogP contribution in [-0.4, -0.2) is 25.8 Å². The molecule has 1 aliphatic carbocycles. The molecule has 0 fully saturated rings. The van der Waals surface area contributed by atoms with E-state index < -0.39 is 5.41 Å². The zero-order chi connectivity index (χ0) is 15.5. The number of carbonyl (C=O) groups is 2. The van der Waals surface area contributed by atoms with Crippen LogP contribution in [0.25, 0.3) is 0 Å². The summed E-state index contributed by atoms with van der Waals surface area (Å²) in [7, 11) is 3.36. The maximum atomic E-state index is 13.0. The maximum absolute atomic E-state index is 13.0. The smallest absolute Gasteiger partial charge is 0.242 e. The third-order valence-corrected chi connectivity index (χ3v) is 4.81. The zero-order valence-electron chi connectivity index (χ0n) is 12.4. The molecule has 1 aliphatic heterocycles. The Morgan fingerprint density at radius 1 is 1.09 bits per heavy atom. The number of carbonyl (C=O) groups excluding carboxylic acids is 2. The molecule has 0 saturated heterocycles. The largest absolute Gasteiger partial charge is 0.497 e. The molecule has 4 nitrogen and oxygen atoms in total. The van der Waals surface area contributed by atoms with Crippen molar-refractivity contribution in [2.45, 2.75) is 11.8 Å². The molecule has 1 amide bonds. The fourth-order valence-electron chi connectivity index (χ4n) is 3.75. The van der Waals surface area contributed by atoms with Gasteiger partial charge in [0.05, 0.1) is 7.11 Å². The SMILES string of the molecule is COc1ccc2c(c1)C1(CC(=O)c3ccccc31)C(=O)N2C. The average molecular weight is 293 g/mol. The van der Waals surface area contributed by atoms with Crippen LogP contribution >= 0.6 is 0 Å². The van der Waals surface area contributed by atoms with E-state index in [0.29, 0.717) is 11.3 Å². The minimum Gasteiger partial charge on any atom is -0.497 e. The third kappa shape index (κ3) is 1.37. The first kappa shape index (κ1) is 13.1.